The Morgan fingerprint density at radius 2 is 2.05 bits per heavy atom. The van der Waals surface area contributed by atoms with Crippen LogP contribution in [0.3, 0.4) is 0 Å². The molecule has 0 heterocycles. The molecule has 0 saturated carbocycles. The molecule has 0 radical (unpaired) electrons. The van der Waals surface area contributed by atoms with E-state index in [0.29, 0.717) is 13.0 Å². The van der Waals surface area contributed by atoms with Crippen molar-refractivity contribution < 1.29 is 19.2 Å². The van der Waals surface area contributed by atoms with E-state index >= 15 is 0 Å². The highest BCUT2D eigenvalue weighted by atomic mass is 31.1. The van der Waals surface area contributed by atoms with E-state index in [4.69, 9.17) is 9.84 Å². The molecule has 20 heavy (non-hydrogen) atoms. The fourth-order valence-electron chi connectivity index (χ4n) is 2.04. The molecule has 5 heteroatoms. The van der Waals surface area contributed by atoms with Crippen molar-refractivity contribution in [3.8, 4) is 0 Å². The van der Waals surface area contributed by atoms with Gasteiger partial charge in [0.2, 0.25) is 6.35 Å². The normalized spacial score (nSPS) is 12.8. The molecular weight excluding hydrogens is 275 g/mol. The second kappa shape index (κ2) is 9.62. The lowest BCUT2D eigenvalue weighted by Crippen LogP contribution is -2.20. The molecule has 1 aromatic carbocycles. The van der Waals surface area contributed by atoms with Gasteiger partial charge in [-0.15, -0.1) is 0 Å². The van der Waals surface area contributed by atoms with E-state index in [1.807, 2.05) is 30.3 Å². The number of benzene rings is 1. The monoisotopic (exact) mass is 297 g/mol. The second-order valence-electron chi connectivity index (χ2n) is 4.63. The molecule has 0 bridgehead atoms. The van der Waals surface area contributed by atoms with Crippen LogP contribution in [0.4, 0.5) is 0 Å². The maximum Gasteiger partial charge on any atom is 0.367 e. The average molecular weight is 297 g/mol. The first-order valence-corrected chi connectivity index (χ1v) is 8.53. The van der Waals surface area contributed by atoms with Gasteiger partial charge in [0, 0.05) is 0 Å². The van der Waals surface area contributed by atoms with Gasteiger partial charge in [-0.1, -0.05) is 34.9 Å². The number of hydrogen-bond donors (Lipinski definition) is 1. The lowest BCUT2D eigenvalue weighted by atomic mass is 10.0. The van der Waals surface area contributed by atoms with Crippen LogP contribution in [0.1, 0.15) is 25.3 Å². The highest BCUT2D eigenvalue weighted by Crippen LogP contribution is 2.26. The third-order valence-corrected chi connectivity index (χ3v) is 4.23. The third-order valence-electron chi connectivity index (χ3n) is 3.06. The van der Waals surface area contributed by atoms with Crippen molar-refractivity contribution in [1.29, 1.82) is 0 Å². The maximum absolute atomic E-state index is 11.8. The zero-order valence-electron chi connectivity index (χ0n) is 11.8. The summed E-state index contributed by atoms with van der Waals surface area (Å²) in [6, 6.07) is 10.0. The number of esters is 1. The van der Waals surface area contributed by atoms with Crippen molar-refractivity contribution in [3.63, 3.8) is 0 Å². The van der Waals surface area contributed by atoms with Crippen LogP contribution in [-0.2, 0) is 20.5 Å². The Morgan fingerprint density at radius 3 is 2.65 bits per heavy atom. The fourth-order valence-corrected chi connectivity index (χ4v) is 2.98. The minimum absolute atomic E-state index is 0.208. The highest BCUT2D eigenvalue weighted by molar-refractivity contribution is 7.44. The molecule has 0 fully saturated rings. The van der Waals surface area contributed by atoms with Gasteiger partial charge < -0.3 is 9.84 Å². The van der Waals surface area contributed by atoms with E-state index < -0.39 is 7.80 Å². The molecule has 0 spiro atoms. The topological polar surface area (TPSA) is 63.6 Å². The number of aliphatic hydroxyl groups excluding tert-OH is 1. The Hall–Kier alpha value is -1.25. The molecule has 0 aliphatic heterocycles. The summed E-state index contributed by atoms with van der Waals surface area (Å²) in [5.74, 6) is -0.688. The van der Waals surface area contributed by atoms with Crippen molar-refractivity contribution >= 4 is 13.8 Å². The van der Waals surface area contributed by atoms with Gasteiger partial charge in [0.15, 0.2) is 6.16 Å². The quantitative estimate of drug-likeness (QED) is 0.562. The third kappa shape index (κ3) is 6.27. The first-order chi connectivity index (χ1) is 9.67. The van der Waals surface area contributed by atoms with Crippen molar-refractivity contribution in [3.05, 3.63) is 35.9 Å². The van der Waals surface area contributed by atoms with Gasteiger partial charge in [-0.3, -0.25) is 4.79 Å². The molecule has 1 aromatic rings. The van der Waals surface area contributed by atoms with Crippen LogP contribution in [-0.4, -0.2) is 30.2 Å². The maximum atomic E-state index is 11.8. The molecule has 0 saturated heterocycles. The van der Waals surface area contributed by atoms with Gasteiger partial charge in [-0.2, -0.15) is 0 Å². The minimum Gasteiger partial charge on any atom is -0.466 e. The second-order valence-corrected chi connectivity index (χ2v) is 6.24. The molecule has 0 amide bonds. The van der Waals surface area contributed by atoms with E-state index in [2.05, 4.69) is 0 Å². The number of aliphatic hydroxyl groups is 1. The summed E-state index contributed by atoms with van der Waals surface area (Å²) in [6.07, 6.45) is 2.19. The van der Waals surface area contributed by atoms with E-state index in [9.17, 15) is 9.36 Å². The predicted molar refractivity (Wildman–Crippen MR) is 79.1 cm³/mol. The summed E-state index contributed by atoms with van der Waals surface area (Å²) in [5, 5.41) is 8.86. The number of carbonyl (C=O) groups excluding carboxylic acids is 1. The number of aryl methyl sites for hydroxylation is 1. The molecule has 4 nitrogen and oxygen atoms in total. The number of carbonyl (C=O) groups is 1. The van der Waals surface area contributed by atoms with Gasteiger partial charge in [0.1, 0.15) is 5.92 Å². The van der Waals surface area contributed by atoms with Crippen LogP contribution in [0.2, 0.25) is 0 Å². The van der Waals surface area contributed by atoms with Gasteiger partial charge in [0.05, 0.1) is 6.61 Å². The summed E-state index contributed by atoms with van der Waals surface area (Å²) < 4.78 is 16.5. The summed E-state index contributed by atoms with van der Waals surface area (Å²) in [4.78, 5) is 11.8. The van der Waals surface area contributed by atoms with Crippen LogP contribution in [0.15, 0.2) is 30.3 Å². The molecule has 0 aliphatic carbocycles. The molecule has 1 rings (SSSR count). The Labute approximate surface area is 120 Å². The average Bonchev–Trinajstić information content (AvgIpc) is 2.47. The lowest BCUT2D eigenvalue weighted by molar-refractivity contribution is -0.147. The molecule has 110 valence electrons. The molecule has 2 unspecified atom stereocenters. The van der Waals surface area contributed by atoms with Crippen molar-refractivity contribution in [2.75, 3.05) is 19.1 Å². The van der Waals surface area contributed by atoms with Gasteiger partial charge in [0.25, 0.3) is 0 Å². The number of hydrogen-bond acceptors (Lipinski definition) is 4. The van der Waals surface area contributed by atoms with Crippen LogP contribution >= 0.6 is 7.80 Å². The predicted octanol–water partition coefficient (Wildman–Crippen LogP) is 2.97. The fraction of sp³-hybridized carbons (Fsp3) is 0.533. The van der Waals surface area contributed by atoms with E-state index in [1.54, 1.807) is 6.92 Å². The summed E-state index contributed by atoms with van der Waals surface area (Å²) in [5.41, 5.74) is 1.22. The molecule has 0 aliphatic rings. The van der Waals surface area contributed by atoms with Gasteiger partial charge in [-0.05, 0) is 31.7 Å². The Bertz CT molecular complexity index is 419. The first-order valence-electron chi connectivity index (χ1n) is 6.90. The standard InChI is InChI=1S/C15H22O4P/c1-2-19-15(17)14(11-20(18)12-16)10-6-9-13-7-4-3-5-8-13/h3-5,7-8,14,16H,2,6,9-12H2,1H3/q+1. The zero-order chi connectivity index (χ0) is 14.8. The van der Waals surface area contributed by atoms with E-state index in [1.165, 1.54) is 5.56 Å². The Kier molecular flexibility index (Phi) is 8.08. The van der Waals surface area contributed by atoms with Crippen LogP contribution in [0, 0.1) is 5.92 Å². The summed E-state index contributed by atoms with van der Waals surface area (Å²) in [6.45, 7) is 2.08. The molecule has 1 N–H and O–H groups in total. The van der Waals surface area contributed by atoms with Gasteiger partial charge >= 0.3 is 13.8 Å². The van der Waals surface area contributed by atoms with Crippen molar-refractivity contribution in [2.24, 2.45) is 5.92 Å². The number of ether oxygens (including phenoxy) is 1. The lowest BCUT2D eigenvalue weighted by Gasteiger charge is -2.11. The molecule has 0 aromatic heterocycles. The molecular formula is C15H22O4P+. The van der Waals surface area contributed by atoms with E-state index in [-0.39, 0.29) is 24.4 Å². The highest BCUT2D eigenvalue weighted by Gasteiger charge is 2.28. The van der Waals surface area contributed by atoms with Crippen LogP contribution in [0.5, 0.6) is 0 Å². The SMILES string of the molecule is CCOC(=O)C(CCCc1ccccc1)C[P+](=O)CO. The number of rotatable bonds is 9. The first kappa shape index (κ1) is 16.8. The van der Waals surface area contributed by atoms with Crippen LogP contribution in [0.25, 0.3) is 0 Å². The largest absolute Gasteiger partial charge is 0.466 e. The van der Waals surface area contributed by atoms with Gasteiger partial charge in [-0.25, -0.2) is 0 Å². The Balaban J connectivity index is 2.47. The smallest absolute Gasteiger partial charge is 0.367 e. The van der Waals surface area contributed by atoms with Crippen molar-refractivity contribution in [2.45, 2.75) is 26.2 Å². The van der Waals surface area contributed by atoms with Crippen molar-refractivity contribution in [1.82, 2.24) is 0 Å². The molecule has 2 atom stereocenters. The zero-order valence-corrected chi connectivity index (χ0v) is 12.7. The van der Waals surface area contributed by atoms with Crippen LogP contribution < -0.4 is 0 Å². The van der Waals surface area contributed by atoms with E-state index in [0.717, 1.165) is 12.8 Å². The summed E-state index contributed by atoms with van der Waals surface area (Å²) >= 11 is 0. The Morgan fingerprint density at radius 1 is 1.35 bits per heavy atom. The summed E-state index contributed by atoms with van der Waals surface area (Å²) in [7, 11) is -1.73. The minimum atomic E-state index is -1.73.